The maximum Gasteiger partial charge on any atom is 0.472 e. The van der Waals surface area contributed by atoms with Crippen molar-refractivity contribution in [3.63, 3.8) is 0 Å². The Labute approximate surface area is 339 Å². The minimum absolute atomic E-state index is 0.0119. The van der Waals surface area contributed by atoms with Gasteiger partial charge in [-0.3, -0.25) is 28.0 Å². The molecule has 0 aromatic rings. The van der Waals surface area contributed by atoms with Gasteiger partial charge in [-0.25, -0.2) is 9.13 Å². The fourth-order valence-corrected chi connectivity index (χ4v) is 7.64. The third kappa shape index (κ3) is 28.5. The van der Waals surface area contributed by atoms with Crippen molar-refractivity contribution in [1.29, 1.82) is 0 Å². The van der Waals surface area contributed by atoms with E-state index in [0.717, 1.165) is 51.4 Å². The van der Waals surface area contributed by atoms with Crippen LogP contribution in [0.2, 0.25) is 0 Å². The van der Waals surface area contributed by atoms with Crippen LogP contribution in [0.5, 0.6) is 0 Å². The van der Waals surface area contributed by atoms with E-state index in [9.17, 15) is 43.7 Å². The lowest BCUT2D eigenvalue weighted by Crippen LogP contribution is -2.30. The Morgan fingerprint density at radius 2 is 1.32 bits per heavy atom. The second kappa shape index (κ2) is 30.5. The number of phosphoric acid groups is 2. The number of phosphoric ester groups is 2. The summed E-state index contributed by atoms with van der Waals surface area (Å²) < 4.78 is 47.6. The lowest BCUT2D eigenvalue weighted by molar-refractivity contribution is -0.161. The molecule has 7 atom stereocenters. The van der Waals surface area contributed by atoms with Crippen LogP contribution in [0.4, 0.5) is 0 Å². The number of esters is 2. The van der Waals surface area contributed by atoms with Crippen LogP contribution in [0.3, 0.4) is 0 Å². The van der Waals surface area contributed by atoms with Crippen LogP contribution < -0.4 is 0 Å². The van der Waals surface area contributed by atoms with E-state index < -0.39 is 78.4 Å². The standard InChI is InChI=1S/C39H72O16P2/c1-4-5-13-19-31(40)23-24-35-34(36(42)25-37(35)43)20-15-11-12-16-21-38(44)51-28-33(29-54-57(49,50)53-27-32(41)26-52-56(46,47)48)55-39(45)22-17-10-8-6-7-9-14-18-30(2)3/h23-24,30-35,37,40-41,43H,4-22,25-29H2,1-3H3,(H,49,50)(H2,46,47,48)/b24-23+/t31-,32-,33+,34+,35+,37+/m0/s1. The lowest BCUT2D eigenvalue weighted by atomic mass is 9.88. The average Bonchev–Trinajstić information content (AvgIpc) is 3.41. The van der Waals surface area contributed by atoms with E-state index >= 15 is 0 Å². The van der Waals surface area contributed by atoms with Crippen molar-refractivity contribution in [1.82, 2.24) is 0 Å². The van der Waals surface area contributed by atoms with Crippen molar-refractivity contribution in [3.8, 4) is 0 Å². The van der Waals surface area contributed by atoms with Gasteiger partial charge in [0.2, 0.25) is 0 Å². The molecule has 57 heavy (non-hydrogen) atoms. The summed E-state index contributed by atoms with van der Waals surface area (Å²) in [5, 5.41) is 30.4. The zero-order valence-corrected chi connectivity index (χ0v) is 36.1. The molecular formula is C39H72O16P2. The first-order valence-electron chi connectivity index (χ1n) is 20.8. The van der Waals surface area contributed by atoms with Gasteiger partial charge < -0.3 is 39.5 Å². The van der Waals surface area contributed by atoms with Gasteiger partial charge in [-0.2, -0.15) is 0 Å². The minimum Gasteiger partial charge on any atom is -0.462 e. The van der Waals surface area contributed by atoms with Gasteiger partial charge in [0.05, 0.1) is 32.0 Å². The van der Waals surface area contributed by atoms with Crippen molar-refractivity contribution in [2.45, 2.75) is 174 Å². The Hall–Kier alpha value is -1.55. The number of hydrogen-bond acceptors (Lipinski definition) is 13. The predicted molar refractivity (Wildman–Crippen MR) is 213 cm³/mol. The third-order valence-electron chi connectivity index (χ3n) is 9.72. The van der Waals surface area contributed by atoms with Crippen LogP contribution >= 0.6 is 15.6 Å². The van der Waals surface area contributed by atoms with Crippen LogP contribution in [0.1, 0.15) is 149 Å². The largest absolute Gasteiger partial charge is 0.472 e. The number of rotatable bonds is 35. The smallest absolute Gasteiger partial charge is 0.462 e. The van der Waals surface area contributed by atoms with Gasteiger partial charge in [0.1, 0.15) is 18.5 Å². The highest BCUT2D eigenvalue weighted by Crippen LogP contribution is 2.44. The summed E-state index contributed by atoms with van der Waals surface area (Å²) in [6, 6.07) is 0. The summed E-state index contributed by atoms with van der Waals surface area (Å²) >= 11 is 0. The highest BCUT2D eigenvalue weighted by Gasteiger charge is 2.39. The van der Waals surface area contributed by atoms with Crippen molar-refractivity contribution in [2.24, 2.45) is 17.8 Å². The Bertz CT molecular complexity index is 1240. The summed E-state index contributed by atoms with van der Waals surface area (Å²) in [6.07, 6.45) is 14.4. The second-order valence-corrected chi connectivity index (χ2v) is 18.2. The van der Waals surface area contributed by atoms with E-state index in [-0.39, 0.29) is 36.9 Å². The number of aliphatic hydroxyl groups is 3. The van der Waals surface area contributed by atoms with Crippen molar-refractivity contribution in [2.75, 3.05) is 26.4 Å². The molecule has 0 bridgehead atoms. The molecule has 0 radical (unpaired) electrons. The van der Waals surface area contributed by atoms with E-state index in [0.29, 0.717) is 44.4 Å². The third-order valence-corrected chi connectivity index (χ3v) is 11.2. The fourth-order valence-electron chi connectivity index (χ4n) is 6.49. The number of aliphatic hydroxyl groups excluding tert-OH is 3. The monoisotopic (exact) mass is 858 g/mol. The van der Waals surface area contributed by atoms with Gasteiger partial charge in [0, 0.05) is 31.1 Å². The SMILES string of the molecule is CCCCC[C@H](O)/C=C/[C@H]1[C@H](O)CC(=O)[C@@H]1CCCCCCC(=O)OC[C@H](COP(=O)(O)OC[C@@H](O)COP(=O)(O)O)OC(=O)CCCCCCCCCC(C)C. The molecule has 1 aliphatic carbocycles. The van der Waals surface area contributed by atoms with E-state index in [4.69, 9.17) is 23.8 Å². The van der Waals surface area contributed by atoms with E-state index in [1.807, 2.05) is 0 Å². The van der Waals surface area contributed by atoms with Crippen LogP contribution in [-0.4, -0.2) is 98.6 Å². The Morgan fingerprint density at radius 3 is 1.95 bits per heavy atom. The molecule has 6 N–H and O–H groups in total. The molecule has 334 valence electrons. The molecule has 1 saturated carbocycles. The van der Waals surface area contributed by atoms with Crippen LogP contribution in [0.25, 0.3) is 0 Å². The average molecular weight is 859 g/mol. The molecule has 1 unspecified atom stereocenters. The first-order chi connectivity index (χ1) is 26.9. The zero-order valence-electron chi connectivity index (χ0n) is 34.3. The maximum atomic E-state index is 12.6. The van der Waals surface area contributed by atoms with Crippen LogP contribution in [0, 0.1) is 17.8 Å². The summed E-state index contributed by atoms with van der Waals surface area (Å²) in [7, 11) is -9.74. The van der Waals surface area contributed by atoms with Gasteiger partial charge in [-0.15, -0.1) is 0 Å². The first kappa shape index (κ1) is 53.5. The van der Waals surface area contributed by atoms with Gasteiger partial charge in [0.25, 0.3) is 0 Å². The van der Waals surface area contributed by atoms with Gasteiger partial charge >= 0.3 is 27.6 Å². The molecule has 0 aromatic carbocycles. The number of Topliss-reactive ketones (excluding diaryl/α,β-unsaturated/α-hetero) is 1. The maximum absolute atomic E-state index is 12.6. The van der Waals surface area contributed by atoms with Gasteiger partial charge in [0.15, 0.2) is 6.10 Å². The molecule has 0 heterocycles. The van der Waals surface area contributed by atoms with E-state index in [1.54, 1.807) is 12.2 Å². The second-order valence-electron chi connectivity index (χ2n) is 15.5. The number of ether oxygens (including phenoxy) is 2. The molecule has 0 aromatic heterocycles. The van der Waals surface area contributed by atoms with E-state index in [2.05, 4.69) is 29.8 Å². The molecule has 0 aliphatic heterocycles. The Balaban J connectivity index is 2.55. The summed E-state index contributed by atoms with van der Waals surface area (Å²) in [5.74, 6) is -1.14. The normalized spacial score (nSPS) is 20.2. The fraction of sp³-hybridized carbons (Fsp3) is 0.872. The first-order valence-corrected chi connectivity index (χ1v) is 23.9. The molecule has 0 spiro atoms. The molecule has 1 rings (SSSR count). The molecule has 0 amide bonds. The van der Waals surface area contributed by atoms with Crippen LogP contribution in [-0.2, 0) is 46.6 Å². The van der Waals surface area contributed by atoms with Crippen LogP contribution in [0.15, 0.2) is 12.2 Å². The number of hydrogen-bond donors (Lipinski definition) is 6. The zero-order chi connectivity index (χ0) is 42.7. The molecule has 1 aliphatic rings. The molecule has 18 heteroatoms. The predicted octanol–water partition coefficient (Wildman–Crippen LogP) is 6.62. The number of carbonyl (C=O) groups is 3. The lowest BCUT2D eigenvalue weighted by Gasteiger charge is -2.20. The van der Waals surface area contributed by atoms with E-state index in [1.165, 1.54) is 19.3 Å². The summed E-state index contributed by atoms with van der Waals surface area (Å²) in [4.78, 5) is 65.3. The Kier molecular flexibility index (Phi) is 28.6. The quantitative estimate of drug-likeness (QED) is 0.0170. The van der Waals surface area contributed by atoms with Crippen molar-refractivity contribution < 1.29 is 76.6 Å². The number of carbonyl (C=O) groups excluding carboxylic acids is 3. The van der Waals surface area contributed by atoms with Crippen molar-refractivity contribution in [3.05, 3.63) is 12.2 Å². The molecular weight excluding hydrogens is 786 g/mol. The number of ketones is 1. The number of unbranched alkanes of at least 4 members (excludes halogenated alkanes) is 11. The highest BCUT2D eigenvalue weighted by molar-refractivity contribution is 7.47. The topological polar surface area (TPSA) is 253 Å². The molecule has 0 saturated heterocycles. The Morgan fingerprint density at radius 1 is 0.754 bits per heavy atom. The van der Waals surface area contributed by atoms with Crippen molar-refractivity contribution >= 4 is 33.4 Å². The van der Waals surface area contributed by atoms with Gasteiger partial charge in [-0.05, 0) is 31.6 Å². The summed E-state index contributed by atoms with van der Waals surface area (Å²) in [6.45, 7) is 3.59. The summed E-state index contributed by atoms with van der Waals surface area (Å²) in [5.41, 5.74) is 0. The molecule has 1 fully saturated rings. The molecule has 16 nitrogen and oxygen atoms in total. The minimum atomic E-state index is -4.89. The van der Waals surface area contributed by atoms with Gasteiger partial charge in [-0.1, -0.05) is 116 Å². The highest BCUT2D eigenvalue weighted by atomic mass is 31.2.